The van der Waals surface area contributed by atoms with Gasteiger partial charge in [-0.05, 0) is 36.1 Å². The highest BCUT2D eigenvalue weighted by molar-refractivity contribution is 7.22. The third kappa shape index (κ3) is 2.03. The van der Waals surface area contributed by atoms with Crippen LogP contribution < -0.4 is 11.5 Å². The molecule has 2 rings (SSSR count). The summed E-state index contributed by atoms with van der Waals surface area (Å²) in [6, 6.07) is 6.31. The summed E-state index contributed by atoms with van der Waals surface area (Å²) < 4.78 is 1.15. The minimum atomic E-state index is 0.410. The standard InChI is InChI=1S/C12H17N3S/c1-7(2)9(6-13)8-3-4-10-11(5-8)16-12(14)15-10/h3-5,7,9H,6,13H2,1-2H3,(H2,14,15). The summed E-state index contributed by atoms with van der Waals surface area (Å²) in [7, 11) is 0. The van der Waals surface area contributed by atoms with E-state index < -0.39 is 0 Å². The highest BCUT2D eigenvalue weighted by Gasteiger charge is 2.14. The largest absolute Gasteiger partial charge is 0.375 e. The average molecular weight is 235 g/mol. The van der Waals surface area contributed by atoms with Gasteiger partial charge in [-0.3, -0.25) is 0 Å². The molecule has 2 aromatic rings. The summed E-state index contributed by atoms with van der Waals surface area (Å²) in [4.78, 5) is 4.25. The molecule has 86 valence electrons. The van der Waals surface area contributed by atoms with Gasteiger partial charge in [0.25, 0.3) is 0 Å². The molecule has 0 saturated heterocycles. The SMILES string of the molecule is CC(C)C(CN)c1ccc2nc(N)sc2c1. The van der Waals surface area contributed by atoms with E-state index in [9.17, 15) is 0 Å². The highest BCUT2D eigenvalue weighted by atomic mass is 32.1. The predicted octanol–water partition coefficient (Wildman–Crippen LogP) is 2.58. The second-order valence-electron chi connectivity index (χ2n) is 4.37. The Kier molecular flexibility index (Phi) is 3.12. The smallest absolute Gasteiger partial charge is 0.181 e. The summed E-state index contributed by atoms with van der Waals surface area (Å²) in [6.45, 7) is 5.07. The van der Waals surface area contributed by atoms with Crippen LogP contribution >= 0.6 is 11.3 Å². The Balaban J connectivity index is 2.44. The fraction of sp³-hybridized carbons (Fsp3) is 0.417. The first kappa shape index (κ1) is 11.4. The topological polar surface area (TPSA) is 64.9 Å². The van der Waals surface area contributed by atoms with E-state index in [0.717, 1.165) is 10.2 Å². The van der Waals surface area contributed by atoms with Gasteiger partial charge < -0.3 is 11.5 Å². The molecule has 0 bridgehead atoms. The fourth-order valence-corrected chi connectivity index (χ4v) is 2.77. The van der Waals surface area contributed by atoms with E-state index >= 15 is 0 Å². The van der Waals surface area contributed by atoms with Gasteiger partial charge in [-0.15, -0.1) is 0 Å². The number of nitrogens with two attached hydrogens (primary N) is 2. The molecule has 0 saturated carbocycles. The van der Waals surface area contributed by atoms with Gasteiger partial charge in [0.15, 0.2) is 5.13 Å². The van der Waals surface area contributed by atoms with Crippen LogP contribution in [0.2, 0.25) is 0 Å². The molecular weight excluding hydrogens is 218 g/mol. The Labute approximate surface area is 99.5 Å². The van der Waals surface area contributed by atoms with Crippen LogP contribution in [0.5, 0.6) is 0 Å². The van der Waals surface area contributed by atoms with Crippen LogP contribution in [0.1, 0.15) is 25.3 Å². The van der Waals surface area contributed by atoms with Crippen LogP contribution in [-0.2, 0) is 0 Å². The van der Waals surface area contributed by atoms with Gasteiger partial charge in [0, 0.05) is 0 Å². The molecule has 0 radical (unpaired) electrons. The summed E-state index contributed by atoms with van der Waals surface area (Å²) >= 11 is 1.53. The van der Waals surface area contributed by atoms with Crippen LogP contribution in [0.25, 0.3) is 10.2 Å². The van der Waals surface area contributed by atoms with E-state index in [1.165, 1.54) is 16.9 Å². The molecule has 0 amide bonds. The minimum absolute atomic E-state index is 0.410. The lowest BCUT2D eigenvalue weighted by Gasteiger charge is -2.19. The third-order valence-corrected chi connectivity index (χ3v) is 3.76. The van der Waals surface area contributed by atoms with Crippen LogP contribution in [0.4, 0.5) is 5.13 Å². The number of thiazole rings is 1. The van der Waals surface area contributed by atoms with Gasteiger partial charge in [-0.1, -0.05) is 31.3 Å². The van der Waals surface area contributed by atoms with Crippen molar-refractivity contribution in [3.8, 4) is 0 Å². The van der Waals surface area contributed by atoms with E-state index in [-0.39, 0.29) is 0 Å². The van der Waals surface area contributed by atoms with Gasteiger partial charge in [0.05, 0.1) is 10.2 Å². The molecule has 16 heavy (non-hydrogen) atoms. The molecule has 0 aliphatic heterocycles. The zero-order valence-electron chi connectivity index (χ0n) is 9.60. The van der Waals surface area contributed by atoms with Crippen molar-refractivity contribution < 1.29 is 0 Å². The summed E-state index contributed by atoms with van der Waals surface area (Å²) in [5, 5.41) is 0.626. The molecule has 1 aromatic carbocycles. The molecule has 4 N–H and O–H groups in total. The summed E-state index contributed by atoms with van der Waals surface area (Å²) in [5.41, 5.74) is 13.8. The van der Waals surface area contributed by atoms with Crippen molar-refractivity contribution in [2.45, 2.75) is 19.8 Å². The zero-order valence-corrected chi connectivity index (χ0v) is 10.4. The number of anilines is 1. The number of aromatic nitrogens is 1. The second kappa shape index (κ2) is 4.39. The van der Waals surface area contributed by atoms with Crippen molar-refractivity contribution in [3.63, 3.8) is 0 Å². The first-order valence-corrected chi connectivity index (χ1v) is 6.29. The highest BCUT2D eigenvalue weighted by Crippen LogP contribution is 2.30. The van der Waals surface area contributed by atoms with Crippen molar-refractivity contribution in [2.24, 2.45) is 11.7 Å². The third-order valence-electron chi connectivity index (χ3n) is 2.92. The number of nitrogen functional groups attached to an aromatic ring is 1. The van der Waals surface area contributed by atoms with E-state index in [1.807, 2.05) is 6.07 Å². The molecule has 0 aliphatic carbocycles. The lowest BCUT2D eigenvalue weighted by atomic mass is 9.88. The first-order chi connectivity index (χ1) is 7.61. The van der Waals surface area contributed by atoms with E-state index in [2.05, 4.69) is 31.0 Å². The molecule has 3 nitrogen and oxygen atoms in total. The Morgan fingerprint density at radius 2 is 2.12 bits per heavy atom. The van der Waals surface area contributed by atoms with Crippen LogP contribution in [0, 0.1) is 5.92 Å². The van der Waals surface area contributed by atoms with Gasteiger partial charge in [-0.2, -0.15) is 0 Å². The molecule has 0 spiro atoms. The molecule has 1 unspecified atom stereocenters. The summed E-state index contributed by atoms with van der Waals surface area (Å²) in [6.07, 6.45) is 0. The molecule has 0 aliphatic rings. The van der Waals surface area contributed by atoms with Gasteiger partial charge in [-0.25, -0.2) is 4.98 Å². The number of hydrogen-bond donors (Lipinski definition) is 2. The molecule has 1 heterocycles. The normalized spacial score (nSPS) is 13.5. The zero-order chi connectivity index (χ0) is 11.7. The van der Waals surface area contributed by atoms with Crippen molar-refractivity contribution in [2.75, 3.05) is 12.3 Å². The van der Waals surface area contributed by atoms with E-state index in [1.54, 1.807) is 0 Å². The molecule has 0 fully saturated rings. The van der Waals surface area contributed by atoms with Gasteiger partial charge in [0.2, 0.25) is 0 Å². The number of hydrogen-bond acceptors (Lipinski definition) is 4. The molecule has 4 heteroatoms. The summed E-state index contributed by atoms with van der Waals surface area (Å²) in [5.74, 6) is 0.959. The average Bonchev–Trinajstić information content (AvgIpc) is 2.57. The van der Waals surface area contributed by atoms with E-state index in [4.69, 9.17) is 11.5 Å². The number of nitrogens with zero attached hydrogens (tertiary/aromatic N) is 1. The molecule has 1 atom stereocenters. The first-order valence-electron chi connectivity index (χ1n) is 5.48. The number of fused-ring (bicyclic) bond motifs is 1. The molecule has 1 aromatic heterocycles. The Hall–Kier alpha value is -1.13. The van der Waals surface area contributed by atoms with Gasteiger partial charge in [0.1, 0.15) is 0 Å². The van der Waals surface area contributed by atoms with Crippen molar-refractivity contribution >= 4 is 26.7 Å². The monoisotopic (exact) mass is 235 g/mol. The maximum Gasteiger partial charge on any atom is 0.181 e. The Morgan fingerprint density at radius 3 is 2.75 bits per heavy atom. The minimum Gasteiger partial charge on any atom is -0.375 e. The maximum absolute atomic E-state index is 5.82. The van der Waals surface area contributed by atoms with Gasteiger partial charge >= 0.3 is 0 Å². The quantitative estimate of drug-likeness (QED) is 0.859. The van der Waals surface area contributed by atoms with Crippen molar-refractivity contribution in [3.05, 3.63) is 23.8 Å². The van der Waals surface area contributed by atoms with Crippen LogP contribution in [0.15, 0.2) is 18.2 Å². The predicted molar refractivity (Wildman–Crippen MR) is 70.7 cm³/mol. The Bertz CT molecular complexity index is 490. The van der Waals surface area contributed by atoms with Crippen molar-refractivity contribution in [1.29, 1.82) is 0 Å². The molecular formula is C12H17N3S. The lowest BCUT2D eigenvalue weighted by molar-refractivity contribution is 0.507. The lowest BCUT2D eigenvalue weighted by Crippen LogP contribution is -2.17. The van der Waals surface area contributed by atoms with E-state index in [0.29, 0.717) is 23.5 Å². The number of rotatable bonds is 3. The second-order valence-corrected chi connectivity index (χ2v) is 5.43. The number of benzene rings is 1. The fourth-order valence-electron chi connectivity index (χ4n) is 1.98. The van der Waals surface area contributed by atoms with Crippen LogP contribution in [-0.4, -0.2) is 11.5 Å². The van der Waals surface area contributed by atoms with Crippen LogP contribution in [0.3, 0.4) is 0 Å². The maximum atomic E-state index is 5.82. The van der Waals surface area contributed by atoms with Crippen molar-refractivity contribution in [1.82, 2.24) is 4.98 Å². The Morgan fingerprint density at radius 1 is 1.38 bits per heavy atom.